The SMILES string of the molecule is C=C(C)C(=O)O[Si](CC[Si](OC(=O)C(=C)C)(C(C)C)C(C)C)(C(C)C)C(C)C. The maximum atomic E-state index is 12.5. The molecule has 0 aromatic carbocycles. The number of hydrogen-bond donors (Lipinski definition) is 0. The molecule has 0 aliphatic heterocycles. The monoisotopic (exact) mass is 426 g/mol. The summed E-state index contributed by atoms with van der Waals surface area (Å²) in [5.74, 6) is -0.594. The van der Waals surface area contributed by atoms with Crippen LogP contribution < -0.4 is 0 Å². The zero-order chi connectivity index (χ0) is 22.4. The molecule has 0 radical (unpaired) electrons. The van der Waals surface area contributed by atoms with E-state index in [1.165, 1.54) is 0 Å². The van der Waals surface area contributed by atoms with E-state index >= 15 is 0 Å². The molecule has 0 rings (SSSR count). The minimum Gasteiger partial charge on any atom is -0.515 e. The summed E-state index contributed by atoms with van der Waals surface area (Å²) in [4.78, 5) is 24.9. The zero-order valence-corrected chi connectivity index (χ0v) is 21.8. The molecule has 4 nitrogen and oxygen atoms in total. The van der Waals surface area contributed by atoms with Crippen molar-refractivity contribution < 1.29 is 18.4 Å². The molecule has 6 heteroatoms. The van der Waals surface area contributed by atoms with Crippen LogP contribution in [-0.2, 0) is 18.4 Å². The van der Waals surface area contributed by atoms with Gasteiger partial charge in [0.25, 0.3) is 16.6 Å². The van der Waals surface area contributed by atoms with Crippen LogP contribution in [0.15, 0.2) is 24.3 Å². The van der Waals surface area contributed by atoms with Crippen LogP contribution in [0.3, 0.4) is 0 Å². The Hall–Kier alpha value is -1.15. The van der Waals surface area contributed by atoms with Gasteiger partial charge in [0, 0.05) is 11.1 Å². The predicted molar refractivity (Wildman–Crippen MR) is 123 cm³/mol. The van der Waals surface area contributed by atoms with Gasteiger partial charge >= 0.3 is 11.9 Å². The fraction of sp³-hybridized carbons (Fsp3) is 0.727. The second-order valence-corrected chi connectivity index (χ2v) is 19.2. The molecule has 0 saturated carbocycles. The van der Waals surface area contributed by atoms with Gasteiger partial charge in [0.15, 0.2) is 0 Å². The van der Waals surface area contributed by atoms with Gasteiger partial charge in [-0.3, -0.25) is 0 Å². The van der Waals surface area contributed by atoms with Crippen LogP contribution >= 0.6 is 0 Å². The molecule has 0 N–H and O–H groups in total. The van der Waals surface area contributed by atoms with Crippen LogP contribution in [-0.4, -0.2) is 28.6 Å². The third-order valence-corrected chi connectivity index (χ3v) is 17.6. The molecule has 0 aromatic heterocycles. The van der Waals surface area contributed by atoms with Crippen LogP contribution in [0.25, 0.3) is 0 Å². The van der Waals surface area contributed by atoms with Crippen molar-refractivity contribution in [1.82, 2.24) is 0 Å². The summed E-state index contributed by atoms with van der Waals surface area (Å²) in [6.07, 6.45) is 0. The largest absolute Gasteiger partial charge is 0.515 e. The summed E-state index contributed by atoms with van der Waals surface area (Å²) >= 11 is 0. The Morgan fingerprint density at radius 1 is 0.643 bits per heavy atom. The Balaban J connectivity index is 6.05. The first-order valence-electron chi connectivity index (χ1n) is 10.4. The third kappa shape index (κ3) is 6.18. The van der Waals surface area contributed by atoms with Crippen LogP contribution in [0.2, 0.25) is 34.3 Å². The second kappa shape index (κ2) is 10.6. The van der Waals surface area contributed by atoms with E-state index in [0.29, 0.717) is 11.1 Å². The lowest BCUT2D eigenvalue weighted by Gasteiger charge is -2.43. The molecule has 0 saturated heterocycles. The van der Waals surface area contributed by atoms with Crippen molar-refractivity contribution in [3.05, 3.63) is 24.3 Å². The van der Waals surface area contributed by atoms with Gasteiger partial charge in [0.1, 0.15) is 0 Å². The lowest BCUT2D eigenvalue weighted by atomic mass is 10.4. The lowest BCUT2D eigenvalue weighted by Crippen LogP contribution is -2.52. The maximum absolute atomic E-state index is 12.5. The van der Waals surface area contributed by atoms with Crippen molar-refractivity contribution >= 4 is 28.6 Å². The Kier molecular flexibility index (Phi) is 10.1. The summed E-state index contributed by atoms with van der Waals surface area (Å²) in [7, 11) is -4.89. The minimum atomic E-state index is -2.45. The fourth-order valence-corrected chi connectivity index (χ4v) is 14.3. The fourth-order valence-electron chi connectivity index (χ4n) is 3.97. The molecule has 0 heterocycles. The molecule has 0 bridgehead atoms. The highest BCUT2D eigenvalue weighted by molar-refractivity contribution is 6.83. The molecule has 28 heavy (non-hydrogen) atoms. The molecule has 0 aliphatic rings. The number of hydrogen-bond acceptors (Lipinski definition) is 4. The molecular formula is C22H42O4Si2. The molecule has 162 valence electrons. The van der Waals surface area contributed by atoms with Gasteiger partial charge < -0.3 is 8.85 Å². The number of carbonyl (C=O) groups excluding carboxylic acids is 2. The van der Waals surface area contributed by atoms with Crippen LogP contribution in [0.4, 0.5) is 0 Å². The molecule has 0 fully saturated rings. The van der Waals surface area contributed by atoms with Crippen molar-refractivity contribution in [3.8, 4) is 0 Å². The Labute approximate surface area is 175 Å². The second-order valence-electron chi connectivity index (χ2n) is 9.37. The minimum absolute atomic E-state index is 0.263. The average Bonchev–Trinajstić information content (AvgIpc) is 2.55. The summed E-state index contributed by atoms with van der Waals surface area (Å²) in [5, 5.41) is 0. The Morgan fingerprint density at radius 2 is 0.857 bits per heavy atom. The van der Waals surface area contributed by atoms with E-state index in [4.69, 9.17) is 8.85 Å². The van der Waals surface area contributed by atoms with Gasteiger partial charge in [-0.05, 0) is 48.1 Å². The first kappa shape index (κ1) is 26.9. The van der Waals surface area contributed by atoms with E-state index < -0.39 is 16.6 Å². The van der Waals surface area contributed by atoms with E-state index in [1.54, 1.807) is 13.8 Å². The van der Waals surface area contributed by atoms with Crippen LogP contribution in [0, 0.1) is 0 Å². The molecule has 0 atom stereocenters. The quantitative estimate of drug-likeness (QED) is 0.270. The van der Waals surface area contributed by atoms with Gasteiger partial charge in [-0.1, -0.05) is 68.5 Å². The van der Waals surface area contributed by atoms with E-state index in [-0.39, 0.29) is 34.1 Å². The van der Waals surface area contributed by atoms with E-state index in [9.17, 15) is 9.59 Å². The highest BCUT2D eigenvalue weighted by Crippen LogP contribution is 2.45. The Bertz CT molecular complexity index is 523. The van der Waals surface area contributed by atoms with E-state index in [0.717, 1.165) is 12.1 Å². The summed E-state index contributed by atoms with van der Waals surface area (Å²) in [6.45, 7) is 28.1. The van der Waals surface area contributed by atoms with Gasteiger partial charge in [-0.25, -0.2) is 9.59 Å². The number of rotatable bonds is 11. The standard InChI is InChI=1S/C22H42O4Si2/c1-15(2)21(23)25-27(17(5)6,18(7)8)13-14-28(19(9)10,20(11)12)26-22(24)16(3)4/h17-20H,1,3,13-14H2,2,4-12H3. The third-order valence-electron chi connectivity index (χ3n) is 6.08. The molecule has 0 aromatic rings. The van der Waals surface area contributed by atoms with Crippen LogP contribution in [0.5, 0.6) is 0 Å². The van der Waals surface area contributed by atoms with Crippen molar-refractivity contribution in [3.63, 3.8) is 0 Å². The van der Waals surface area contributed by atoms with Crippen molar-refractivity contribution in [1.29, 1.82) is 0 Å². The summed E-state index contributed by atoms with van der Waals surface area (Å²) in [6, 6.07) is 1.60. The molecule has 0 aliphatic carbocycles. The maximum Gasteiger partial charge on any atom is 0.319 e. The lowest BCUT2D eigenvalue weighted by molar-refractivity contribution is -0.132. The smallest absolute Gasteiger partial charge is 0.319 e. The van der Waals surface area contributed by atoms with Gasteiger partial charge in [0.2, 0.25) is 0 Å². The van der Waals surface area contributed by atoms with Crippen molar-refractivity contribution in [2.75, 3.05) is 0 Å². The van der Waals surface area contributed by atoms with E-state index in [1.807, 2.05) is 0 Å². The average molecular weight is 427 g/mol. The van der Waals surface area contributed by atoms with Gasteiger partial charge in [-0.15, -0.1) is 0 Å². The molecule has 0 unspecified atom stereocenters. The highest BCUT2D eigenvalue weighted by Gasteiger charge is 2.51. The van der Waals surface area contributed by atoms with E-state index in [2.05, 4.69) is 68.5 Å². The Morgan fingerprint density at radius 3 is 1.00 bits per heavy atom. The molecule has 0 amide bonds. The van der Waals surface area contributed by atoms with Crippen molar-refractivity contribution in [2.45, 2.75) is 103 Å². The molecular weight excluding hydrogens is 384 g/mol. The zero-order valence-electron chi connectivity index (χ0n) is 19.8. The summed E-state index contributed by atoms with van der Waals surface area (Å²) < 4.78 is 12.4. The number of carbonyl (C=O) groups is 2. The highest BCUT2D eigenvalue weighted by atomic mass is 28.4. The normalized spacial score (nSPS) is 12.6. The summed E-state index contributed by atoms with van der Waals surface area (Å²) in [5.41, 5.74) is 1.92. The predicted octanol–water partition coefficient (Wildman–Crippen LogP) is 6.76. The first-order valence-corrected chi connectivity index (χ1v) is 15.0. The van der Waals surface area contributed by atoms with Crippen LogP contribution in [0.1, 0.15) is 69.2 Å². The van der Waals surface area contributed by atoms with Gasteiger partial charge in [-0.2, -0.15) is 0 Å². The van der Waals surface area contributed by atoms with Gasteiger partial charge in [0.05, 0.1) is 0 Å². The first-order chi connectivity index (χ1) is 12.6. The molecule has 0 spiro atoms. The van der Waals surface area contributed by atoms with Crippen molar-refractivity contribution in [2.24, 2.45) is 0 Å². The topological polar surface area (TPSA) is 52.6 Å².